The lowest BCUT2D eigenvalue weighted by molar-refractivity contribution is -0.115. The zero-order valence-corrected chi connectivity index (χ0v) is 28.9. The Balaban J connectivity index is 0.000000297. The van der Waals surface area contributed by atoms with Gasteiger partial charge in [-0.1, -0.05) is 30.6 Å². The van der Waals surface area contributed by atoms with Crippen molar-refractivity contribution in [1.29, 1.82) is 0 Å². The topological polar surface area (TPSA) is 137 Å². The number of Topliss-reactive ketones (excluding diaryl/α,β-unsaturated/α-hetero) is 1. The van der Waals surface area contributed by atoms with E-state index in [9.17, 15) is 24.3 Å². The van der Waals surface area contributed by atoms with Gasteiger partial charge in [-0.25, -0.2) is 19.0 Å². The largest absolute Gasteiger partial charge is 0.507 e. The fourth-order valence-corrected chi connectivity index (χ4v) is 5.24. The number of aromatic nitrogens is 4. The smallest absolute Gasteiger partial charge is 0.347 e. The summed E-state index contributed by atoms with van der Waals surface area (Å²) in [6.07, 6.45) is 6.45. The van der Waals surface area contributed by atoms with Crippen LogP contribution in [0.4, 0.5) is 0 Å². The zero-order chi connectivity index (χ0) is 35.2. The number of hydrogen-bond acceptors (Lipinski definition) is 8. The molecule has 252 valence electrons. The SMILES string of the molecule is C.CC(C)=O.Cc1cc(-n2cc(Cl)cn2)cc(C)c1C(=C=O)C(=O)Cl.Cc1cc(O)c(-c2c(C)cc(-n3cc(Cl)cn3)cc2C)c(=O)o1. The van der Waals surface area contributed by atoms with Gasteiger partial charge in [-0.15, -0.1) is 0 Å². The number of aromatic hydroxyl groups is 1. The molecule has 3 heterocycles. The first kappa shape index (κ1) is 39.4. The maximum absolute atomic E-state index is 12.2. The van der Waals surface area contributed by atoms with E-state index in [1.165, 1.54) is 26.1 Å². The highest BCUT2D eigenvalue weighted by atomic mass is 35.5. The minimum Gasteiger partial charge on any atom is -0.507 e. The number of carbonyl (C=O) groups is 2. The van der Waals surface area contributed by atoms with Crippen molar-refractivity contribution in [2.45, 2.75) is 55.9 Å². The molecule has 1 N–H and O–H groups in total. The molecule has 48 heavy (non-hydrogen) atoms. The van der Waals surface area contributed by atoms with Gasteiger partial charge in [0, 0.05) is 24.0 Å². The van der Waals surface area contributed by atoms with E-state index in [4.69, 9.17) is 39.2 Å². The van der Waals surface area contributed by atoms with Gasteiger partial charge >= 0.3 is 5.63 Å². The van der Waals surface area contributed by atoms with E-state index in [2.05, 4.69) is 10.2 Å². The van der Waals surface area contributed by atoms with Crippen molar-refractivity contribution in [1.82, 2.24) is 19.6 Å². The Bertz CT molecular complexity index is 2040. The average Bonchev–Trinajstić information content (AvgIpc) is 3.59. The van der Waals surface area contributed by atoms with Crippen molar-refractivity contribution in [3.05, 3.63) is 109 Å². The molecule has 0 radical (unpaired) electrons. The highest BCUT2D eigenvalue weighted by molar-refractivity contribution is 6.75. The van der Waals surface area contributed by atoms with Crippen LogP contribution >= 0.6 is 34.8 Å². The summed E-state index contributed by atoms with van der Waals surface area (Å²) in [4.78, 5) is 43.8. The summed E-state index contributed by atoms with van der Waals surface area (Å²) < 4.78 is 8.39. The predicted octanol–water partition coefficient (Wildman–Crippen LogP) is 8.13. The monoisotopic (exact) mass is 712 g/mol. The van der Waals surface area contributed by atoms with Gasteiger partial charge in [-0.2, -0.15) is 10.2 Å². The van der Waals surface area contributed by atoms with Gasteiger partial charge in [-0.3, -0.25) is 4.79 Å². The summed E-state index contributed by atoms with van der Waals surface area (Å²) in [7, 11) is 0. The van der Waals surface area contributed by atoms with Crippen LogP contribution in [0.2, 0.25) is 10.0 Å². The van der Waals surface area contributed by atoms with E-state index in [1.54, 1.807) is 66.8 Å². The zero-order valence-electron chi connectivity index (χ0n) is 26.6. The molecule has 3 aromatic heterocycles. The maximum atomic E-state index is 12.2. The minimum absolute atomic E-state index is 0. The molecule has 0 aliphatic heterocycles. The summed E-state index contributed by atoms with van der Waals surface area (Å²) in [6.45, 7) is 12.0. The van der Waals surface area contributed by atoms with Crippen LogP contribution in [0.1, 0.15) is 54.9 Å². The molecule has 0 atom stereocenters. The van der Waals surface area contributed by atoms with E-state index in [0.717, 1.165) is 33.6 Å². The molecule has 0 spiro atoms. The van der Waals surface area contributed by atoms with Gasteiger partial charge < -0.3 is 14.3 Å². The van der Waals surface area contributed by atoms with Crippen LogP contribution in [0.15, 0.2) is 64.3 Å². The van der Waals surface area contributed by atoms with Gasteiger partial charge in [-0.05, 0) is 112 Å². The first-order valence-corrected chi connectivity index (χ1v) is 15.1. The molecule has 0 unspecified atom stereocenters. The lowest BCUT2D eigenvalue weighted by Gasteiger charge is -2.13. The Morgan fingerprint density at radius 1 is 0.792 bits per heavy atom. The van der Waals surface area contributed by atoms with Crippen LogP contribution in [0.3, 0.4) is 0 Å². The molecule has 5 aromatic rings. The summed E-state index contributed by atoms with van der Waals surface area (Å²) in [5.41, 5.74) is 5.37. The predicted molar refractivity (Wildman–Crippen MR) is 190 cm³/mol. The Labute approximate surface area is 293 Å². The molecule has 0 saturated carbocycles. The molecular formula is C35H35Cl3N4O6. The number of allylic oxidation sites excluding steroid dienone is 1. The molecule has 0 bridgehead atoms. The van der Waals surface area contributed by atoms with Crippen LogP contribution in [-0.4, -0.2) is 41.6 Å². The van der Waals surface area contributed by atoms with Gasteiger partial charge in [0.15, 0.2) is 0 Å². The first-order valence-electron chi connectivity index (χ1n) is 13.9. The second-order valence-corrected chi connectivity index (χ2v) is 11.9. The third kappa shape index (κ3) is 9.65. The van der Waals surface area contributed by atoms with Crippen molar-refractivity contribution < 1.29 is 23.9 Å². The second kappa shape index (κ2) is 16.9. The standard InChI is InChI=1S/C17H15ClN2O3.C14H10Cl2N2O2.C3H6O.CH4/c1-9-4-13(20-8-12(18)7-19-20)5-10(2)15(9)16-14(21)6-11(3)23-17(16)22;1-8-3-11(18-6-10(15)5-17-18)4-9(2)13(8)12(7-19)14(16)20;1-3(2)4;/h4-8,21H,1-3H3;3-6H,1-2H3;1-2H3;1H4. The summed E-state index contributed by atoms with van der Waals surface area (Å²) >= 11 is 17.1. The normalized spacial score (nSPS) is 10.0. The molecule has 10 nitrogen and oxygen atoms in total. The summed E-state index contributed by atoms with van der Waals surface area (Å²) in [5.74, 6) is 2.06. The number of aryl methyl sites for hydroxylation is 5. The number of rotatable bonds is 5. The van der Waals surface area contributed by atoms with Crippen LogP contribution in [0, 0.1) is 34.6 Å². The van der Waals surface area contributed by atoms with E-state index >= 15 is 0 Å². The average molecular weight is 714 g/mol. The highest BCUT2D eigenvalue weighted by Gasteiger charge is 2.19. The van der Waals surface area contributed by atoms with E-state index in [-0.39, 0.29) is 30.1 Å². The fourth-order valence-electron chi connectivity index (χ4n) is 4.83. The number of ketones is 1. The second-order valence-electron chi connectivity index (χ2n) is 10.7. The molecule has 0 aliphatic carbocycles. The fraction of sp³-hybridized carbons (Fsp3) is 0.229. The Hall–Kier alpha value is -4.73. The minimum atomic E-state index is -0.818. The molecule has 13 heteroatoms. The Kier molecular flexibility index (Phi) is 13.9. The van der Waals surface area contributed by atoms with Crippen molar-refractivity contribution in [3.63, 3.8) is 0 Å². The van der Waals surface area contributed by atoms with Crippen LogP contribution < -0.4 is 5.63 Å². The number of benzene rings is 2. The molecule has 0 fully saturated rings. The van der Waals surface area contributed by atoms with Crippen LogP contribution in [0.5, 0.6) is 5.75 Å². The maximum Gasteiger partial charge on any atom is 0.347 e. The summed E-state index contributed by atoms with van der Waals surface area (Å²) in [5, 5.41) is 18.7. The summed E-state index contributed by atoms with van der Waals surface area (Å²) in [6, 6.07) is 8.79. The molecular weight excluding hydrogens is 679 g/mol. The quantitative estimate of drug-likeness (QED) is 0.110. The number of halogens is 3. The Morgan fingerprint density at radius 3 is 1.54 bits per heavy atom. The molecule has 0 saturated heterocycles. The Morgan fingerprint density at radius 2 is 1.21 bits per heavy atom. The van der Waals surface area contributed by atoms with Crippen molar-refractivity contribution >= 4 is 57.3 Å². The molecule has 0 amide bonds. The van der Waals surface area contributed by atoms with Crippen molar-refractivity contribution in [3.8, 4) is 28.3 Å². The van der Waals surface area contributed by atoms with Crippen molar-refractivity contribution in [2.75, 3.05) is 0 Å². The first-order chi connectivity index (χ1) is 22.0. The van der Waals surface area contributed by atoms with E-state index in [1.807, 2.05) is 26.0 Å². The van der Waals surface area contributed by atoms with Gasteiger partial charge in [0.05, 0.1) is 33.8 Å². The van der Waals surface area contributed by atoms with Gasteiger partial charge in [0.2, 0.25) is 0 Å². The third-order valence-corrected chi connectivity index (χ3v) is 7.10. The molecule has 5 rings (SSSR count). The number of hydrogen-bond donors (Lipinski definition) is 1. The van der Waals surface area contributed by atoms with Gasteiger partial charge in [0.1, 0.15) is 34.4 Å². The lowest BCUT2D eigenvalue weighted by atomic mass is 9.95. The highest BCUT2D eigenvalue weighted by Crippen LogP contribution is 2.33. The number of carbonyl (C=O) groups excluding carboxylic acids is 3. The molecule has 2 aromatic carbocycles. The van der Waals surface area contributed by atoms with Crippen LogP contribution in [0.25, 0.3) is 28.1 Å². The molecule has 0 aliphatic rings. The number of nitrogens with zero attached hydrogens (tertiary/aromatic N) is 4. The van der Waals surface area contributed by atoms with E-state index < -0.39 is 10.9 Å². The van der Waals surface area contributed by atoms with E-state index in [0.29, 0.717) is 26.9 Å². The van der Waals surface area contributed by atoms with Crippen LogP contribution in [-0.2, 0) is 14.4 Å². The lowest BCUT2D eigenvalue weighted by Crippen LogP contribution is -2.07. The third-order valence-electron chi connectivity index (χ3n) is 6.52. The van der Waals surface area contributed by atoms with Crippen molar-refractivity contribution in [2.24, 2.45) is 0 Å². The van der Waals surface area contributed by atoms with Gasteiger partial charge in [0.25, 0.3) is 5.24 Å².